The Morgan fingerprint density at radius 1 is 1.33 bits per heavy atom. The molecule has 0 radical (unpaired) electrons. The molecule has 0 aliphatic heterocycles. The second-order valence-electron chi connectivity index (χ2n) is 2.15. The van der Waals surface area contributed by atoms with Gasteiger partial charge in [-0.05, 0) is 5.56 Å². The van der Waals surface area contributed by atoms with E-state index in [1.165, 1.54) is 0 Å². The zero-order valence-electron chi connectivity index (χ0n) is 8.47. The van der Waals surface area contributed by atoms with Crippen LogP contribution in [-0.2, 0) is 24.0 Å². The Morgan fingerprint density at radius 3 is 2.25 bits per heavy atom. The molecule has 2 N–H and O–H groups in total. The second kappa shape index (κ2) is 5.61. The maximum atomic E-state index is 10.4. The maximum Gasteiger partial charge on any atom is 2.00 e. The minimum atomic E-state index is -2.86. The van der Waals surface area contributed by atoms with Gasteiger partial charge in [0.25, 0.3) is 0 Å². The summed E-state index contributed by atoms with van der Waals surface area (Å²) in [5, 5.41) is 9.08. The molecule has 2 unspecified atom stereocenters. The molecule has 0 saturated carbocycles. The summed E-state index contributed by atoms with van der Waals surface area (Å²) in [6.45, 7) is 0. The number of hydrogen-bond donors (Lipinski definition) is 2. The van der Waals surface area contributed by atoms with Crippen molar-refractivity contribution in [3.63, 3.8) is 0 Å². The van der Waals surface area contributed by atoms with E-state index in [1.54, 1.807) is 30.3 Å². The summed E-state index contributed by atoms with van der Waals surface area (Å²) in [6.07, 6.45) is 0. The summed E-state index contributed by atoms with van der Waals surface area (Å²) in [7, 11) is -2.86. The largest absolute Gasteiger partial charge is 2.00 e. The SMILES string of the molecule is O=[PH](O)C(O)c1ccccc1.[H+].[H+].[Zn+2]. The molecule has 2 atom stereocenters. The van der Waals surface area contributed by atoms with Crippen molar-refractivity contribution in [3.05, 3.63) is 35.9 Å². The van der Waals surface area contributed by atoms with E-state index in [9.17, 15) is 4.57 Å². The van der Waals surface area contributed by atoms with Crippen LogP contribution >= 0.6 is 8.03 Å². The predicted molar refractivity (Wildman–Crippen MR) is 44.8 cm³/mol. The Kier molecular flexibility index (Phi) is 5.60. The van der Waals surface area contributed by atoms with Crippen LogP contribution in [0.1, 0.15) is 14.3 Å². The van der Waals surface area contributed by atoms with Gasteiger partial charge in [0, 0.05) is 0 Å². The standard InChI is InChI=1S/C7H9O3P.Zn/c8-7(11(9)10)6-4-2-1-3-5-6;/h1-5,7-8,11H,(H,9,10);/q;+2/p+2. The van der Waals surface area contributed by atoms with Crippen LogP contribution in [0.2, 0.25) is 0 Å². The third-order valence-corrected chi connectivity index (χ3v) is 2.15. The first-order chi connectivity index (χ1) is 5.22. The van der Waals surface area contributed by atoms with Crippen LogP contribution in [0.5, 0.6) is 0 Å². The summed E-state index contributed by atoms with van der Waals surface area (Å²) in [5.41, 5.74) is 0.485. The van der Waals surface area contributed by atoms with Crippen molar-refractivity contribution in [1.82, 2.24) is 0 Å². The number of rotatable bonds is 2. The first-order valence-corrected chi connectivity index (χ1v) is 4.61. The van der Waals surface area contributed by atoms with Crippen LogP contribution in [0, 0.1) is 0 Å². The zero-order valence-corrected chi connectivity index (χ0v) is 10.4. The third-order valence-electron chi connectivity index (χ3n) is 1.35. The molecule has 0 aliphatic carbocycles. The van der Waals surface area contributed by atoms with Gasteiger partial charge in [0.15, 0.2) is 5.85 Å². The van der Waals surface area contributed by atoms with E-state index in [0.717, 1.165) is 0 Å². The topological polar surface area (TPSA) is 57.5 Å². The molecule has 12 heavy (non-hydrogen) atoms. The fourth-order valence-electron chi connectivity index (χ4n) is 0.778. The minimum Gasteiger partial charge on any atom is -0.378 e. The number of aliphatic hydroxyl groups excluding tert-OH is 1. The van der Waals surface area contributed by atoms with E-state index in [1.807, 2.05) is 0 Å². The predicted octanol–water partition coefficient (Wildman–Crippen LogP) is 1.37. The van der Waals surface area contributed by atoms with Crippen LogP contribution < -0.4 is 0 Å². The molecule has 0 aromatic heterocycles. The second-order valence-corrected chi connectivity index (χ2v) is 3.37. The van der Waals surface area contributed by atoms with Crippen molar-refractivity contribution in [1.29, 1.82) is 0 Å². The summed E-state index contributed by atoms with van der Waals surface area (Å²) in [5.74, 6) is -1.22. The fraction of sp³-hybridized carbons (Fsp3) is 0.143. The molecular weight excluding hydrogens is 228 g/mol. The van der Waals surface area contributed by atoms with Gasteiger partial charge in [-0.3, -0.25) is 4.57 Å². The molecule has 1 aromatic rings. The monoisotopic (exact) mass is 238 g/mol. The zero-order chi connectivity index (χ0) is 8.27. The van der Waals surface area contributed by atoms with Crippen molar-refractivity contribution in [2.45, 2.75) is 5.85 Å². The fourth-order valence-corrected chi connectivity index (χ4v) is 1.26. The van der Waals surface area contributed by atoms with Crippen molar-refractivity contribution in [3.8, 4) is 0 Å². The summed E-state index contributed by atoms with van der Waals surface area (Å²) in [6, 6.07) is 8.43. The first kappa shape index (κ1) is 12.0. The van der Waals surface area contributed by atoms with Gasteiger partial charge < -0.3 is 10.00 Å². The Hall–Kier alpha value is -0.00662. The van der Waals surface area contributed by atoms with Crippen LogP contribution in [0.4, 0.5) is 0 Å². The molecule has 0 bridgehead atoms. The van der Waals surface area contributed by atoms with Gasteiger partial charge in [-0.2, -0.15) is 0 Å². The van der Waals surface area contributed by atoms with Crippen molar-refractivity contribution < 1.29 is 36.9 Å². The molecule has 60 valence electrons. The Labute approximate surface area is 87.0 Å². The van der Waals surface area contributed by atoms with Crippen molar-refractivity contribution >= 4 is 8.03 Å². The van der Waals surface area contributed by atoms with Crippen molar-refractivity contribution in [2.24, 2.45) is 0 Å². The summed E-state index contributed by atoms with van der Waals surface area (Å²) in [4.78, 5) is 8.57. The van der Waals surface area contributed by atoms with Gasteiger partial charge in [-0.25, -0.2) is 0 Å². The van der Waals surface area contributed by atoms with Crippen LogP contribution in [0.3, 0.4) is 0 Å². The third kappa shape index (κ3) is 3.16. The summed E-state index contributed by atoms with van der Waals surface area (Å²) < 4.78 is 10.4. The van der Waals surface area contributed by atoms with Gasteiger partial charge >= 0.3 is 22.3 Å². The molecular formula is C7H11O3PZn+4. The molecule has 0 aliphatic rings. The molecule has 1 aromatic carbocycles. The molecule has 1 rings (SSSR count). The Morgan fingerprint density at radius 2 is 1.83 bits per heavy atom. The van der Waals surface area contributed by atoms with E-state index in [-0.39, 0.29) is 22.3 Å². The normalized spacial score (nSPS) is 14.5. The van der Waals surface area contributed by atoms with Crippen LogP contribution in [0.25, 0.3) is 0 Å². The van der Waals surface area contributed by atoms with Gasteiger partial charge in [0.2, 0.25) is 8.03 Å². The Bertz CT molecular complexity index is 260. The molecule has 3 nitrogen and oxygen atoms in total. The average Bonchev–Trinajstić information content (AvgIpc) is 2.05. The maximum absolute atomic E-state index is 10.4. The van der Waals surface area contributed by atoms with Gasteiger partial charge in [-0.15, -0.1) is 0 Å². The van der Waals surface area contributed by atoms with Gasteiger partial charge in [-0.1, -0.05) is 30.3 Å². The van der Waals surface area contributed by atoms with Crippen molar-refractivity contribution in [2.75, 3.05) is 0 Å². The van der Waals surface area contributed by atoms with Gasteiger partial charge in [0.05, 0.1) is 0 Å². The average molecular weight is 240 g/mol. The summed E-state index contributed by atoms with van der Waals surface area (Å²) >= 11 is 0. The molecule has 0 saturated heterocycles. The number of benzene rings is 1. The molecule has 0 amide bonds. The molecule has 0 spiro atoms. The van der Waals surface area contributed by atoms with E-state index >= 15 is 0 Å². The Balaban J connectivity index is -0.000000403. The van der Waals surface area contributed by atoms with E-state index in [4.69, 9.17) is 10.00 Å². The molecule has 5 heteroatoms. The first-order valence-electron chi connectivity index (χ1n) is 3.17. The van der Waals surface area contributed by atoms with Gasteiger partial charge in [0.1, 0.15) is 0 Å². The van der Waals surface area contributed by atoms with E-state index in [2.05, 4.69) is 0 Å². The minimum absolute atomic E-state index is 0. The number of hydrogen-bond acceptors (Lipinski definition) is 2. The molecule has 0 heterocycles. The number of aliphatic hydroxyl groups is 1. The van der Waals surface area contributed by atoms with Crippen LogP contribution in [0.15, 0.2) is 30.3 Å². The van der Waals surface area contributed by atoms with Crippen LogP contribution in [-0.4, -0.2) is 10.00 Å². The molecule has 0 fully saturated rings. The quantitative estimate of drug-likeness (QED) is 0.605. The smallest absolute Gasteiger partial charge is 0.378 e. The van der Waals surface area contributed by atoms with E-state index < -0.39 is 13.9 Å². The van der Waals surface area contributed by atoms with E-state index in [0.29, 0.717) is 5.56 Å².